The lowest BCUT2D eigenvalue weighted by atomic mass is 9.96. The van der Waals surface area contributed by atoms with Crippen LogP contribution in [-0.4, -0.2) is 35.0 Å². The molecule has 102 valence electrons. The van der Waals surface area contributed by atoms with Crippen molar-refractivity contribution in [3.05, 3.63) is 34.9 Å². The summed E-state index contributed by atoms with van der Waals surface area (Å²) in [6.07, 6.45) is 1.42. The summed E-state index contributed by atoms with van der Waals surface area (Å²) in [5.41, 5.74) is 2.75. The lowest BCUT2D eigenvalue weighted by molar-refractivity contribution is -0.143. The molecule has 0 spiro atoms. The van der Waals surface area contributed by atoms with Gasteiger partial charge in [0.05, 0.1) is 5.92 Å². The number of likely N-dealkylation sites (tertiary alicyclic amines) is 1. The summed E-state index contributed by atoms with van der Waals surface area (Å²) < 4.78 is 0. The first-order valence-corrected chi connectivity index (χ1v) is 6.58. The number of nitrogens with zero attached hydrogens (tertiary/aromatic N) is 1. The molecule has 1 heterocycles. The molecule has 0 saturated carbocycles. The number of benzene rings is 1. The number of hydrogen-bond donors (Lipinski definition) is 1. The minimum absolute atomic E-state index is 0.0524. The molecule has 4 heteroatoms. The number of carboxylic acids is 1. The Hall–Kier alpha value is -1.84. The van der Waals surface area contributed by atoms with E-state index >= 15 is 0 Å². The Bertz CT molecular complexity index is 510. The molecule has 0 aromatic heterocycles. The third kappa shape index (κ3) is 2.95. The molecule has 0 aliphatic carbocycles. The second kappa shape index (κ2) is 5.43. The zero-order chi connectivity index (χ0) is 14.0. The van der Waals surface area contributed by atoms with Gasteiger partial charge in [0.2, 0.25) is 0 Å². The van der Waals surface area contributed by atoms with Crippen LogP contribution in [0.15, 0.2) is 18.2 Å². The minimum atomic E-state index is -0.807. The third-order valence-electron chi connectivity index (χ3n) is 3.67. The first-order valence-electron chi connectivity index (χ1n) is 6.58. The van der Waals surface area contributed by atoms with Crippen molar-refractivity contribution in [2.75, 3.05) is 13.1 Å². The highest BCUT2D eigenvalue weighted by atomic mass is 16.4. The average Bonchev–Trinajstić information content (AvgIpc) is 2.38. The van der Waals surface area contributed by atoms with Gasteiger partial charge in [-0.15, -0.1) is 0 Å². The van der Waals surface area contributed by atoms with E-state index in [2.05, 4.69) is 0 Å². The Morgan fingerprint density at radius 1 is 1.32 bits per heavy atom. The number of rotatable bonds is 2. The fraction of sp³-hybridized carbons (Fsp3) is 0.467. The maximum absolute atomic E-state index is 12.4. The monoisotopic (exact) mass is 261 g/mol. The molecule has 1 atom stereocenters. The summed E-state index contributed by atoms with van der Waals surface area (Å²) in [6.45, 7) is 4.87. The molecule has 1 N–H and O–H groups in total. The number of carbonyl (C=O) groups is 2. The van der Waals surface area contributed by atoms with Crippen LogP contribution < -0.4 is 0 Å². The fourth-order valence-corrected chi connectivity index (χ4v) is 2.59. The molecule has 1 fully saturated rings. The summed E-state index contributed by atoms with van der Waals surface area (Å²) in [4.78, 5) is 25.1. The standard InChI is InChI=1S/C15H19NO3/c1-10-5-6-13(11(2)8-10)14(17)16-7-3-4-12(9-16)15(18)19/h5-6,8,12H,3-4,7,9H2,1-2H3,(H,18,19)/t12-/m0/s1. The van der Waals surface area contributed by atoms with E-state index in [9.17, 15) is 9.59 Å². The van der Waals surface area contributed by atoms with Crippen molar-refractivity contribution >= 4 is 11.9 Å². The second-order valence-electron chi connectivity index (χ2n) is 5.25. The Labute approximate surface area is 113 Å². The van der Waals surface area contributed by atoms with Gasteiger partial charge >= 0.3 is 5.97 Å². The molecular weight excluding hydrogens is 242 g/mol. The van der Waals surface area contributed by atoms with Crippen LogP contribution in [0, 0.1) is 19.8 Å². The second-order valence-corrected chi connectivity index (χ2v) is 5.25. The molecule has 1 saturated heterocycles. The topological polar surface area (TPSA) is 57.6 Å². The van der Waals surface area contributed by atoms with Crippen molar-refractivity contribution in [2.45, 2.75) is 26.7 Å². The third-order valence-corrected chi connectivity index (χ3v) is 3.67. The van der Waals surface area contributed by atoms with Gasteiger partial charge in [-0.05, 0) is 38.3 Å². The number of piperidine rings is 1. The average molecular weight is 261 g/mol. The molecule has 19 heavy (non-hydrogen) atoms. The lowest BCUT2D eigenvalue weighted by Gasteiger charge is -2.31. The van der Waals surface area contributed by atoms with Crippen LogP contribution in [0.1, 0.15) is 34.3 Å². The Balaban J connectivity index is 2.17. The number of amides is 1. The van der Waals surface area contributed by atoms with Crippen LogP contribution in [-0.2, 0) is 4.79 Å². The molecular formula is C15H19NO3. The highest BCUT2D eigenvalue weighted by Crippen LogP contribution is 2.20. The molecule has 1 aromatic rings. The SMILES string of the molecule is Cc1ccc(C(=O)N2CCC[C@H](C(=O)O)C2)c(C)c1. The van der Waals surface area contributed by atoms with Crippen LogP contribution >= 0.6 is 0 Å². The maximum Gasteiger partial charge on any atom is 0.308 e. The smallest absolute Gasteiger partial charge is 0.308 e. The van der Waals surface area contributed by atoms with Gasteiger partial charge in [-0.1, -0.05) is 17.7 Å². The van der Waals surface area contributed by atoms with Crippen LogP contribution in [0.3, 0.4) is 0 Å². The molecule has 1 aliphatic heterocycles. The quantitative estimate of drug-likeness (QED) is 0.888. The van der Waals surface area contributed by atoms with Gasteiger partial charge in [-0.2, -0.15) is 0 Å². The zero-order valence-electron chi connectivity index (χ0n) is 11.3. The van der Waals surface area contributed by atoms with Crippen molar-refractivity contribution < 1.29 is 14.7 Å². The fourth-order valence-electron chi connectivity index (χ4n) is 2.59. The van der Waals surface area contributed by atoms with Gasteiger partial charge in [0.25, 0.3) is 5.91 Å². The van der Waals surface area contributed by atoms with Crippen molar-refractivity contribution in [3.8, 4) is 0 Å². The summed E-state index contributed by atoms with van der Waals surface area (Å²) in [7, 11) is 0. The number of hydrogen-bond acceptors (Lipinski definition) is 2. The molecule has 2 rings (SSSR count). The van der Waals surface area contributed by atoms with Crippen LogP contribution in [0.5, 0.6) is 0 Å². The van der Waals surface area contributed by atoms with Gasteiger partial charge in [-0.3, -0.25) is 9.59 Å². The summed E-state index contributed by atoms with van der Waals surface area (Å²) in [5, 5.41) is 9.06. The largest absolute Gasteiger partial charge is 0.481 e. The van der Waals surface area contributed by atoms with Crippen molar-refractivity contribution in [1.82, 2.24) is 4.90 Å². The van der Waals surface area contributed by atoms with E-state index in [1.807, 2.05) is 32.0 Å². The van der Waals surface area contributed by atoms with Crippen molar-refractivity contribution in [2.24, 2.45) is 5.92 Å². The Morgan fingerprint density at radius 3 is 2.68 bits per heavy atom. The van der Waals surface area contributed by atoms with Gasteiger partial charge in [0.1, 0.15) is 0 Å². The molecule has 4 nitrogen and oxygen atoms in total. The van der Waals surface area contributed by atoms with Crippen LogP contribution in [0.4, 0.5) is 0 Å². The van der Waals surface area contributed by atoms with Gasteiger partial charge in [-0.25, -0.2) is 0 Å². The van der Waals surface area contributed by atoms with E-state index in [0.717, 1.165) is 17.5 Å². The van der Waals surface area contributed by atoms with Gasteiger partial charge in [0, 0.05) is 18.7 Å². The van der Waals surface area contributed by atoms with E-state index in [0.29, 0.717) is 25.1 Å². The highest BCUT2D eigenvalue weighted by molar-refractivity contribution is 5.96. The highest BCUT2D eigenvalue weighted by Gasteiger charge is 2.29. The number of aryl methyl sites for hydroxylation is 2. The summed E-state index contributed by atoms with van der Waals surface area (Å²) >= 11 is 0. The normalized spacial score (nSPS) is 19.3. The van der Waals surface area contributed by atoms with Crippen LogP contribution in [0.25, 0.3) is 0 Å². The lowest BCUT2D eigenvalue weighted by Crippen LogP contribution is -2.42. The Morgan fingerprint density at radius 2 is 2.05 bits per heavy atom. The Kier molecular flexibility index (Phi) is 3.88. The number of carbonyl (C=O) groups excluding carboxylic acids is 1. The molecule has 0 bridgehead atoms. The van der Waals surface area contributed by atoms with E-state index in [4.69, 9.17) is 5.11 Å². The molecule has 1 aliphatic rings. The number of carboxylic acid groups (broad SMARTS) is 1. The van der Waals surface area contributed by atoms with Crippen molar-refractivity contribution in [3.63, 3.8) is 0 Å². The van der Waals surface area contributed by atoms with E-state index in [-0.39, 0.29) is 5.91 Å². The van der Waals surface area contributed by atoms with Crippen LogP contribution in [0.2, 0.25) is 0 Å². The molecule has 0 radical (unpaired) electrons. The van der Waals surface area contributed by atoms with Gasteiger partial charge < -0.3 is 10.0 Å². The van der Waals surface area contributed by atoms with Gasteiger partial charge in [0.15, 0.2) is 0 Å². The first-order chi connectivity index (χ1) is 8.99. The van der Waals surface area contributed by atoms with Crippen molar-refractivity contribution in [1.29, 1.82) is 0 Å². The summed E-state index contributed by atoms with van der Waals surface area (Å²) in [5.74, 6) is -1.29. The molecule has 1 aromatic carbocycles. The predicted octanol–water partition coefficient (Wildman–Crippen LogP) is 2.24. The van der Waals surface area contributed by atoms with E-state index < -0.39 is 11.9 Å². The molecule has 0 unspecified atom stereocenters. The number of aliphatic carboxylic acids is 1. The minimum Gasteiger partial charge on any atom is -0.481 e. The van der Waals surface area contributed by atoms with E-state index in [1.165, 1.54) is 0 Å². The first kappa shape index (κ1) is 13.6. The zero-order valence-corrected chi connectivity index (χ0v) is 11.3. The predicted molar refractivity (Wildman–Crippen MR) is 72.2 cm³/mol. The summed E-state index contributed by atoms with van der Waals surface area (Å²) in [6, 6.07) is 5.72. The van der Waals surface area contributed by atoms with E-state index in [1.54, 1.807) is 4.90 Å². The maximum atomic E-state index is 12.4. The molecule has 1 amide bonds.